The van der Waals surface area contributed by atoms with Gasteiger partial charge in [0.15, 0.2) is 0 Å². The third-order valence-corrected chi connectivity index (χ3v) is 2.87. The summed E-state index contributed by atoms with van der Waals surface area (Å²) < 4.78 is 0. The zero-order valence-electron chi connectivity index (χ0n) is 11.8. The largest absolute Gasteiger partial charge is 0.101 e. The number of benzene rings is 2. The molecule has 0 aromatic heterocycles. The molecule has 0 atom stereocenters. The summed E-state index contributed by atoms with van der Waals surface area (Å²) in [5.41, 5.74) is 4.16. The summed E-state index contributed by atoms with van der Waals surface area (Å²) >= 11 is 0. The maximum atomic E-state index is 3.21. The molecule has 0 unspecified atom stereocenters. The molecule has 20 heavy (non-hydrogen) atoms. The third-order valence-electron chi connectivity index (χ3n) is 2.87. The van der Waals surface area contributed by atoms with E-state index >= 15 is 0 Å². The van der Waals surface area contributed by atoms with E-state index in [4.69, 9.17) is 0 Å². The summed E-state index contributed by atoms with van der Waals surface area (Å²) in [5, 5.41) is 0. The van der Waals surface area contributed by atoms with Crippen LogP contribution in [-0.4, -0.2) is 0 Å². The quantitative estimate of drug-likeness (QED) is 0.542. The smallest absolute Gasteiger partial charge is 0.0480 e. The molecule has 0 aliphatic rings. The lowest BCUT2D eigenvalue weighted by molar-refractivity contribution is 1.60. The van der Waals surface area contributed by atoms with Gasteiger partial charge in [0.2, 0.25) is 0 Å². The minimum atomic E-state index is 0.980. The Morgan fingerprint density at radius 3 is 1.25 bits per heavy atom. The lowest BCUT2D eigenvalue weighted by atomic mass is 9.95. The zero-order valence-corrected chi connectivity index (χ0v) is 11.8. The standard InChI is InChI=1S/C20H16/c1-3-11-19(17-13-7-5-8-14-17)20(12-4-2)18-15-9-6-10-16-18/h5-10,13-16H,1-2H3. The van der Waals surface area contributed by atoms with Gasteiger partial charge in [-0.1, -0.05) is 72.5 Å². The number of hydrogen-bond donors (Lipinski definition) is 0. The van der Waals surface area contributed by atoms with Gasteiger partial charge in [0.1, 0.15) is 0 Å². The van der Waals surface area contributed by atoms with Crippen LogP contribution in [0.3, 0.4) is 0 Å². The van der Waals surface area contributed by atoms with Gasteiger partial charge in [-0.3, -0.25) is 0 Å². The van der Waals surface area contributed by atoms with E-state index < -0.39 is 0 Å². The molecule has 0 fully saturated rings. The first-order chi connectivity index (χ1) is 9.86. The van der Waals surface area contributed by atoms with E-state index in [1.807, 2.05) is 50.2 Å². The number of hydrogen-bond acceptors (Lipinski definition) is 0. The fraction of sp³-hybridized carbons (Fsp3) is 0.100. The third kappa shape index (κ3) is 3.19. The molecular weight excluding hydrogens is 240 g/mol. The first-order valence-electron chi connectivity index (χ1n) is 6.57. The van der Waals surface area contributed by atoms with Crippen molar-refractivity contribution in [3.63, 3.8) is 0 Å². The SMILES string of the molecule is CC#CC(=C(C#CC)c1ccccc1)c1ccccc1. The summed E-state index contributed by atoms with van der Waals surface area (Å²) in [6, 6.07) is 20.4. The van der Waals surface area contributed by atoms with Crippen LogP contribution in [-0.2, 0) is 0 Å². The zero-order chi connectivity index (χ0) is 14.2. The first-order valence-corrected chi connectivity index (χ1v) is 6.57. The highest BCUT2D eigenvalue weighted by Crippen LogP contribution is 2.25. The number of allylic oxidation sites excluding steroid dienone is 2. The molecule has 0 aliphatic carbocycles. The molecule has 0 saturated carbocycles. The van der Waals surface area contributed by atoms with Gasteiger partial charge in [-0.25, -0.2) is 0 Å². The average Bonchev–Trinajstić information content (AvgIpc) is 2.52. The van der Waals surface area contributed by atoms with E-state index in [9.17, 15) is 0 Å². The van der Waals surface area contributed by atoms with E-state index in [2.05, 4.69) is 47.9 Å². The maximum absolute atomic E-state index is 3.21. The van der Waals surface area contributed by atoms with Crippen molar-refractivity contribution in [3.05, 3.63) is 71.8 Å². The van der Waals surface area contributed by atoms with Crippen molar-refractivity contribution >= 4 is 11.1 Å². The minimum Gasteiger partial charge on any atom is -0.101 e. The highest BCUT2D eigenvalue weighted by Gasteiger charge is 2.07. The Balaban J connectivity index is 2.71. The Morgan fingerprint density at radius 2 is 0.950 bits per heavy atom. The second-order valence-electron chi connectivity index (χ2n) is 4.23. The van der Waals surface area contributed by atoms with E-state index in [0.29, 0.717) is 0 Å². The molecule has 0 saturated heterocycles. The molecule has 0 nitrogen and oxygen atoms in total. The molecule has 0 heteroatoms. The first kappa shape index (κ1) is 13.7. The predicted octanol–water partition coefficient (Wildman–Crippen LogP) is 4.64. The molecule has 2 rings (SSSR count). The van der Waals surface area contributed by atoms with E-state index in [0.717, 1.165) is 22.3 Å². The summed E-state index contributed by atoms with van der Waals surface area (Å²) in [7, 11) is 0. The van der Waals surface area contributed by atoms with Crippen molar-refractivity contribution < 1.29 is 0 Å². The summed E-state index contributed by atoms with van der Waals surface area (Å²) in [5.74, 6) is 12.4. The molecule has 0 bridgehead atoms. The van der Waals surface area contributed by atoms with Crippen molar-refractivity contribution in [2.45, 2.75) is 13.8 Å². The van der Waals surface area contributed by atoms with Gasteiger partial charge in [0.25, 0.3) is 0 Å². The van der Waals surface area contributed by atoms with Crippen molar-refractivity contribution in [1.82, 2.24) is 0 Å². The van der Waals surface area contributed by atoms with E-state index in [1.54, 1.807) is 0 Å². The molecular formula is C20H16. The molecule has 0 N–H and O–H groups in total. The molecule has 0 amide bonds. The second kappa shape index (κ2) is 7.03. The van der Waals surface area contributed by atoms with Gasteiger partial charge >= 0.3 is 0 Å². The lowest BCUT2D eigenvalue weighted by Gasteiger charge is -2.07. The van der Waals surface area contributed by atoms with E-state index in [1.165, 1.54) is 0 Å². The molecule has 0 radical (unpaired) electrons. The van der Waals surface area contributed by atoms with Crippen LogP contribution >= 0.6 is 0 Å². The Morgan fingerprint density at radius 1 is 0.600 bits per heavy atom. The van der Waals surface area contributed by atoms with Crippen LogP contribution in [0.25, 0.3) is 11.1 Å². The van der Waals surface area contributed by atoms with Crippen LogP contribution in [0.4, 0.5) is 0 Å². The van der Waals surface area contributed by atoms with Crippen LogP contribution in [0, 0.1) is 23.7 Å². The van der Waals surface area contributed by atoms with Gasteiger partial charge < -0.3 is 0 Å². The maximum Gasteiger partial charge on any atom is 0.0480 e. The topological polar surface area (TPSA) is 0 Å². The van der Waals surface area contributed by atoms with Crippen LogP contribution in [0.2, 0.25) is 0 Å². The van der Waals surface area contributed by atoms with Crippen LogP contribution in [0.1, 0.15) is 25.0 Å². The van der Waals surface area contributed by atoms with E-state index in [-0.39, 0.29) is 0 Å². The molecule has 2 aromatic carbocycles. The Labute approximate surface area is 121 Å². The van der Waals surface area contributed by atoms with Gasteiger partial charge in [0, 0.05) is 11.1 Å². The molecule has 96 valence electrons. The van der Waals surface area contributed by atoms with Gasteiger partial charge in [0.05, 0.1) is 0 Å². The number of rotatable bonds is 2. The molecule has 0 spiro atoms. The summed E-state index contributed by atoms with van der Waals surface area (Å²) in [4.78, 5) is 0. The predicted molar refractivity (Wildman–Crippen MR) is 86.6 cm³/mol. The van der Waals surface area contributed by atoms with Crippen LogP contribution in [0.5, 0.6) is 0 Å². The van der Waals surface area contributed by atoms with Gasteiger partial charge in [-0.2, -0.15) is 0 Å². The molecule has 0 heterocycles. The second-order valence-corrected chi connectivity index (χ2v) is 4.23. The molecule has 0 aliphatic heterocycles. The van der Waals surface area contributed by atoms with Crippen molar-refractivity contribution in [1.29, 1.82) is 0 Å². The van der Waals surface area contributed by atoms with Crippen molar-refractivity contribution in [2.75, 3.05) is 0 Å². The fourth-order valence-electron chi connectivity index (χ4n) is 2.02. The Hall–Kier alpha value is -2.70. The van der Waals surface area contributed by atoms with Crippen molar-refractivity contribution in [3.8, 4) is 23.7 Å². The normalized spacial score (nSPS) is 10.5. The van der Waals surface area contributed by atoms with Gasteiger partial charge in [-0.15, -0.1) is 11.8 Å². The Kier molecular flexibility index (Phi) is 4.82. The Bertz CT molecular complexity index is 646. The van der Waals surface area contributed by atoms with Crippen molar-refractivity contribution in [2.24, 2.45) is 0 Å². The summed E-state index contributed by atoms with van der Waals surface area (Å²) in [6.45, 7) is 3.70. The monoisotopic (exact) mass is 256 g/mol. The van der Waals surface area contributed by atoms with Crippen LogP contribution < -0.4 is 0 Å². The molecule has 2 aromatic rings. The summed E-state index contributed by atoms with van der Waals surface area (Å²) in [6.07, 6.45) is 0. The lowest BCUT2D eigenvalue weighted by Crippen LogP contribution is -1.89. The average molecular weight is 256 g/mol. The fourth-order valence-corrected chi connectivity index (χ4v) is 2.02. The van der Waals surface area contributed by atoms with Gasteiger partial charge in [-0.05, 0) is 25.0 Å². The van der Waals surface area contributed by atoms with Crippen LogP contribution in [0.15, 0.2) is 60.7 Å². The minimum absolute atomic E-state index is 0.980. The highest BCUT2D eigenvalue weighted by molar-refractivity contribution is 6.04. The highest BCUT2D eigenvalue weighted by atomic mass is 14.1.